The van der Waals surface area contributed by atoms with E-state index in [9.17, 15) is 0 Å². The van der Waals surface area contributed by atoms with Crippen LogP contribution in [0, 0.1) is 5.92 Å². The Hall–Kier alpha value is -0.0800. The molecule has 0 heterocycles. The van der Waals surface area contributed by atoms with Crippen LogP contribution >= 0.6 is 0 Å². The van der Waals surface area contributed by atoms with Crippen molar-refractivity contribution in [3.05, 3.63) is 0 Å². The number of unbranched alkanes of at least 4 members (excludes halogenated alkanes) is 4. The predicted molar refractivity (Wildman–Crippen MR) is 69.1 cm³/mol. The van der Waals surface area contributed by atoms with Gasteiger partial charge in [-0.3, -0.25) is 0 Å². The summed E-state index contributed by atoms with van der Waals surface area (Å²) in [7, 11) is 2.24. The van der Waals surface area contributed by atoms with E-state index in [0.29, 0.717) is 0 Å². The van der Waals surface area contributed by atoms with E-state index in [0.717, 1.165) is 12.5 Å². The van der Waals surface area contributed by atoms with Crippen molar-refractivity contribution in [2.75, 3.05) is 26.7 Å². The number of hydrogen-bond donors (Lipinski definition) is 1. The molecular formula is C13H30N2. The Morgan fingerprint density at radius 3 is 2.13 bits per heavy atom. The first-order valence-corrected chi connectivity index (χ1v) is 6.55. The van der Waals surface area contributed by atoms with E-state index in [2.05, 4.69) is 25.8 Å². The van der Waals surface area contributed by atoms with Crippen molar-refractivity contribution in [2.45, 2.75) is 52.4 Å². The van der Waals surface area contributed by atoms with E-state index in [1.165, 1.54) is 51.6 Å². The first kappa shape index (κ1) is 14.9. The standard InChI is InChI=1S/C13H30N2/c1-13(2)9-12-15(3)11-8-6-4-5-7-10-14/h13H,4-12,14H2,1-3H3. The average molecular weight is 214 g/mol. The topological polar surface area (TPSA) is 29.3 Å². The van der Waals surface area contributed by atoms with E-state index in [4.69, 9.17) is 5.73 Å². The van der Waals surface area contributed by atoms with Gasteiger partial charge in [-0.1, -0.05) is 33.1 Å². The van der Waals surface area contributed by atoms with Gasteiger partial charge in [0.15, 0.2) is 0 Å². The number of nitrogens with two attached hydrogens (primary N) is 1. The molecule has 0 atom stereocenters. The highest BCUT2D eigenvalue weighted by atomic mass is 15.1. The number of rotatable bonds is 10. The molecule has 0 aliphatic carbocycles. The molecule has 0 aliphatic heterocycles. The minimum atomic E-state index is 0.831. The van der Waals surface area contributed by atoms with E-state index >= 15 is 0 Å². The molecule has 2 N–H and O–H groups in total. The van der Waals surface area contributed by atoms with Crippen LogP contribution in [0.3, 0.4) is 0 Å². The van der Waals surface area contributed by atoms with Crippen molar-refractivity contribution < 1.29 is 0 Å². The van der Waals surface area contributed by atoms with Gasteiger partial charge in [-0.05, 0) is 51.9 Å². The Morgan fingerprint density at radius 1 is 0.933 bits per heavy atom. The third kappa shape index (κ3) is 11.8. The van der Waals surface area contributed by atoms with E-state index in [-0.39, 0.29) is 0 Å². The van der Waals surface area contributed by atoms with Gasteiger partial charge >= 0.3 is 0 Å². The largest absolute Gasteiger partial charge is 0.330 e. The maximum absolute atomic E-state index is 5.45. The van der Waals surface area contributed by atoms with Crippen LogP contribution in [0.5, 0.6) is 0 Å². The first-order valence-electron chi connectivity index (χ1n) is 6.55. The van der Waals surface area contributed by atoms with Gasteiger partial charge in [-0.15, -0.1) is 0 Å². The minimum Gasteiger partial charge on any atom is -0.330 e. The van der Waals surface area contributed by atoms with Crippen LogP contribution in [0.15, 0.2) is 0 Å². The molecule has 2 heteroatoms. The molecule has 0 radical (unpaired) electrons. The van der Waals surface area contributed by atoms with Gasteiger partial charge < -0.3 is 10.6 Å². The second-order valence-corrected chi connectivity index (χ2v) is 5.04. The van der Waals surface area contributed by atoms with Crippen molar-refractivity contribution in [1.29, 1.82) is 0 Å². The highest BCUT2D eigenvalue weighted by molar-refractivity contribution is 4.55. The van der Waals surface area contributed by atoms with Crippen LogP contribution in [0.25, 0.3) is 0 Å². The van der Waals surface area contributed by atoms with Gasteiger partial charge in [-0.25, -0.2) is 0 Å². The normalized spacial score (nSPS) is 11.6. The molecule has 15 heavy (non-hydrogen) atoms. The zero-order valence-corrected chi connectivity index (χ0v) is 11.0. The van der Waals surface area contributed by atoms with Crippen LogP contribution in [0.1, 0.15) is 52.4 Å². The van der Waals surface area contributed by atoms with Crippen molar-refractivity contribution in [1.82, 2.24) is 4.90 Å². The Kier molecular flexibility index (Phi) is 10.4. The molecule has 92 valence electrons. The molecule has 2 nitrogen and oxygen atoms in total. The monoisotopic (exact) mass is 214 g/mol. The second-order valence-electron chi connectivity index (χ2n) is 5.04. The summed E-state index contributed by atoms with van der Waals surface area (Å²) in [6.07, 6.45) is 7.90. The summed E-state index contributed by atoms with van der Waals surface area (Å²) in [5.74, 6) is 0.831. The highest BCUT2D eigenvalue weighted by Gasteiger charge is 2.00. The molecule has 0 fully saturated rings. The minimum absolute atomic E-state index is 0.831. The fourth-order valence-corrected chi connectivity index (χ4v) is 1.65. The highest BCUT2D eigenvalue weighted by Crippen LogP contribution is 2.05. The summed E-state index contributed by atoms with van der Waals surface area (Å²) < 4.78 is 0. The van der Waals surface area contributed by atoms with Gasteiger partial charge in [0.05, 0.1) is 0 Å². The second kappa shape index (κ2) is 10.4. The Morgan fingerprint density at radius 2 is 1.53 bits per heavy atom. The molecule has 0 aromatic heterocycles. The van der Waals surface area contributed by atoms with Gasteiger partial charge in [0, 0.05) is 0 Å². The van der Waals surface area contributed by atoms with E-state index in [1.54, 1.807) is 0 Å². The van der Waals surface area contributed by atoms with Gasteiger partial charge in [-0.2, -0.15) is 0 Å². The molecule has 0 amide bonds. The first-order chi connectivity index (χ1) is 7.16. The SMILES string of the molecule is CC(C)CCN(C)CCCCCCCN. The van der Waals surface area contributed by atoms with E-state index < -0.39 is 0 Å². The third-order valence-corrected chi connectivity index (χ3v) is 2.83. The van der Waals surface area contributed by atoms with Crippen molar-refractivity contribution in [3.8, 4) is 0 Å². The Bertz CT molecular complexity index is 124. The summed E-state index contributed by atoms with van der Waals surface area (Å²) in [4.78, 5) is 2.46. The fourth-order valence-electron chi connectivity index (χ4n) is 1.65. The molecule has 0 rings (SSSR count). The number of hydrogen-bond acceptors (Lipinski definition) is 2. The summed E-state index contributed by atoms with van der Waals surface area (Å²) in [5.41, 5.74) is 5.45. The van der Waals surface area contributed by atoms with Crippen molar-refractivity contribution in [3.63, 3.8) is 0 Å². The van der Waals surface area contributed by atoms with Gasteiger partial charge in [0.2, 0.25) is 0 Å². The smallest absolute Gasteiger partial charge is 0.00194 e. The Balaban J connectivity index is 3.13. The lowest BCUT2D eigenvalue weighted by molar-refractivity contribution is 0.302. The molecule has 0 bridgehead atoms. The lowest BCUT2D eigenvalue weighted by Gasteiger charge is -2.17. The lowest BCUT2D eigenvalue weighted by atomic mass is 10.1. The van der Waals surface area contributed by atoms with Gasteiger partial charge in [0.1, 0.15) is 0 Å². The van der Waals surface area contributed by atoms with Crippen LogP contribution < -0.4 is 5.73 Å². The molecule has 0 unspecified atom stereocenters. The molecule has 0 saturated heterocycles. The maximum Gasteiger partial charge on any atom is -0.00194 e. The quantitative estimate of drug-likeness (QED) is 0.567. The van der Waals surface area contributed by atoms with Crippen molar-refractivity contribution >= 4 is 0 Å². The molecule has 0 aliphatic rings. The zero-order valence-electron chi connectivity index (χ0n) is 11.0. The predicted octanol–water partition coefficient (Wildman–Crippen LogP) is 2.87. The van der Waals surface area contributed by atoms with Crippen LogP contribution in [0.4, 0.5) is 0 Å². The molecule has 0 aromatic rings. The number of nitrogens with zero attached hydrogens (tertiary/aromatic N) is 1. The summed E-state index contributed by atoms with van der Waals surface area (Å²) in [6, 6.07) is 0. The zero-order chi connectivity index (χ0) is 11.5. The molecule has 0 spiro atoms. The average Bonchev–Trinajstić information content (AvgIpc) is 2.20. The molecule has 0 saturated carbocycles. The summed E-state index contributed by atoms with van der Waals surface area (Å²) >= 11 is 0. The van der Waals surface area contributed by atoms with Gasteiger partial charge in [0.25, 0.3) is 0 Å². The lowest BCUT2D eigenvalue weighted by Crippen LogP contribution is -2.22. The van der Waals surface area contributed by atoms with E-state index in [1.807, 2.05) is 0 Å². The molecular weight excluding hydrogens is 184 g/mol. The fraction of sp³-hybridized carbons (Fsp3) is 1.00. The maximum atomic E-state index is 5.45. The van der Waals surface area contributed by atoms with Crippen LogP contribution in [-0.2, 0) is 0 Å². The van der Waals surface area contributed by atoms with Crippen molar-refractivity contribution in [2.24, 2.45) is 11.7 Å². The van der Waals surface area contributed by atoms with Crippen LogP contribution in [0.2, 0.25) is 0 Å². The summed E-state index contributed by atoms with van der Waals surface area (Å²) in [6.45, 7) is 7.95. The summed E-state index contributed by atoms with van der Waals surface area (Å²) in [5, 5.41) is 0. The molecule has 0 aromatic carbocycles. The Labute approximate surface area is 96.2 Å². The third-order valence-electron chi connectivity index (χ3n) is 2.83. The van der Waals surface area contributed by atoms with Crippen LogP contribution in [-0.4, -0.2) is 31.6 Å².